The molecule has 2 aromatic rings. The Labute approximate surface area is 306 Å². The number of primary amides is 1. The number of rotatable bonds is 12. The van der Waals surface area contributed by atoms with Crippen molar-refractivity contribution in [2.24, 2.45) is 16.6 Å². The zero-order valence-corrected chi connectivity index (χ0v) is 31.2. The van der Waals surface area contributed by atoms with E-state index in [0.29, 0.717) is 17.2 Å². The first kappa shape index (κ1) is 39.2. The fourth-order valence-corrected chi connectivity index (χ4v) is 9.11. The second-order valence-electron chi connectivity index (χ2n) is 14.2. The highest BCUT2D eigenvalue weighted by Gasteiger charge is 2.49. The quantitative estimate of drug-likeness (QED) is 0.178. The molecule has 0 spiro atoms. The third kappa shape index (κ3) is 8.61. The lowest BCUT2D eigenvalue weighted by Gasteiger charge is -2.37. The number of ketones is 1. The van der Waals surface area contributed by atoms with Crippen molar-refractivity contribution < 1.29 is 37.5 Å². The van der Waals surface area contributed by atoms with Crippen LogP contribution in [0.1, 0.15) is 93.7 Å². The number of Topliss-reactive ketones (excluding diaryl/α,β-unsaturated/α-hetero) is 1. The van der Waals surface area contributed by atoms with Gasteiger partial charge < -0.3 is 21.1 Å². The van der Waals surface area contributed by atoms with E-state index in [0.717, 1.165) is 32.1 Å². The number of likely N-dealkylation sites (tertiary alicyclic amines) is 1. The van der Waals surface area contributed by atoms with Gasteiger partial charge in [0.15, 0.2) is 0 Å². The number of aromatic nitrogens is 3. The third-order valence-corrected chi connectivity index (χ3v) is 12.5. The van der Waals surface area contributed by atoms with Crippen molar-refractivity contribution in [1.29, 1.82) is 0 Å². The van der Waals surface area contributed by atoms with E-state index < -0.39 is 62.7 Å². The Balaban J connectivity index is 1.52. The molecule has 2 saturated heterocycles. The molecule has 4 amide bonds. The van der Waals surface area contributed by atoms with E-state index in [-0.39, 0.29) is 54.3 Å². The monoisotopic (exact) mass is 758 g/mol. The fourth-order valence-electron chi connectivity index (χ4n) is 7.19. The summed E-state index contributed by atoms with van der Waals surface area (Å²) in [6.07, 6.45) is 6.58. The Bertz CT molecular complexity index is 1830. The van der Waals surface area contributed by atoms with Crippen LogP contribution in [0.25, 0.3) is 0 Å². The van der Waals surface area contributed by atoms with Crippen molar-refractivity contribution in [3.63, 3.8) is 0 Å². The normalized spacial score (nSPS) is 21.5. The lowest BCUT2D eigenvalue weighted by molar-refractivity contribution is -0.143. The number of hydrogen-bond acceptors (Lipinski definition) is 11. The van der Waals surface area contributed by atoms with E-state index in [2.05, 4.69) is 25.3 Å². The summed E-state index contributed by atoms with van der Waals surface area (Å²) in [4.78, 5) is 73.4. The number of hydrogen-bond donors (Lipinski definition) is 4. The van der Waals surface area contributed by atoms with Gasteiger partial charge >= 0.3 is 0 Å². The van der Waals surface area contributed by atoms with Crippen molar-refractivity contribution in [1.82, 2.24) is 29.9 Å². The van der Waals surface area contributed by atoms with Crippen LogP contribution in [-0.4, -0.2) is 105 Å². The van der Waals surface area contributed by atoms with Gasteiger partial charge in [0.1, 0.15) is 22.9 Å². The fraction of sp³-hybridized carbons (Fsp3) is 0.588. The topological polar surface area (TPSA) is 236 Å². The summed E-state index contributed by atoms with van der Waals surface area (Å²) in [5, 5.41) is 21.8. The molecule has 3 fully saturated rings. The zero-order chi connectivity index (χ0) is 37.8. The Morgan fingerprint density at radius 3 is 2.33 bits per heavy atom. The number of aliphatic imine (C=N–C) groups is 1. The summed E-state index contributed by atoms with van der Waals surface area (Å²) in [6.45, 7) is 3.06. The van der Waals surface area contributed by atoms with Crippen molar-refractivity contribution in [2.75, 3.05) is 25.1 Å². The number of nitrogens with two attached hydrogens (primary N) is 1. The summed E-state index contributed by atoms with van der Waals surface area (Å²) in [7, 11) is -2.48. The maximum atomic E-state index is 14.7. The smallest absolute Gasteiger partial charge is 0.287 e. The van der Waals surface area contributed by atoms with Gasteiger partial charge in [-0.25, -0.2) is 22.8 Å². The summed E-state index contributed by atoms with van der Waals surface area (Å²) >= 11 is 1.58. The second kappa shape index (κ2) is 15.9. The average molecular weight is 759 g/mol. The lowest BCUT2D eigenvalue weighted by atomic mass is 9.85. The highest BCUT2D eigenvalue weighted by Crippen LogP contribution is 2.35. The van der Waals surface area contributed by atoms with Gasteiger partial charge in [-0.2, -0.15) is 11.8 Å². The van der Waals surface area contributed by atoms with E-state index in [9.17, 15) is 37.5 Å². The number of amides is 4. The van der Waals surface area contributed by atoms with Crippen LogP contribution in [0.4, 0.5) is 0 Å². The first-order chi connectivity index (χ1) is 24.6. The number of benzene rings is 1. The van der Waals surface area contributed by atoms with E-state index in [1.807, 2.05) is 0 Å². The largest absolute Gasteiger partial charge is 0.384 e. The molecule has 52 heavy (non-hydrogen) atoms. The first-order valence-corrected chi connectivity index (χ1v) is 20.0. The number of nitrogens with zero attached hydrogens (tertiary/aromatic N) is 5. The Kier molecular flexibility index (Phi) is 12.0. The molecule has 1 aliphatic carbocycles. The number of carbonyl (C=O) groups is 5. The molecule has 18 heteroatoms. The van der Waals surface area contributed by atoms with Gasteiger partial charge in [-0.05, 0) is 81.8 Å². The van der Waals surface area contributed by atoms with E-state index in [4.69, 9.17) is 5.73 Å². The molecule has 0 unspecified atom stereocenters. The second-order valence-corrected chi connectivity index (χ2v) is 17.3. The van der Waals surface area contributed by atoms with Crippen molar-refractivity contribution >= 4 is 56.9 Å². The van der Waals surface area contributed by atoms with Crippen molar-refractivity contribution in [3.05, 3.63) is 41.7 Å². The maximum Gasteiger partial charge on any atom is 0.287 e. The number of carbonyl (C=O) groups excluding carboxylic acids is 5. The van der Waals surface area contributed by atoms with E-state index in [1.54, 1.807) is 25.6 Å². The van der Waals surface area contributed by atoms with Crippen LogP contribution in [0.5, 0.6) is 0 Å². The minimum Gasteiger partial charge on any atom is -0.384 e. The number of sulfonamides is 1. The lowest BCUT2D eigenvalue weighted by Crippen LogP contribution is -2.63. The van der Waals surface area contributed by atoms with Crippen LogP contribution < -0.4 is 15.8 Å². The van der Waals surface area contributed by atoms with Crippen LogP contribution in [-0.2, 0) is 34.8 Å². The van der Waals surface area contributed by atoms with Gasteiger partial charge in [-0.3, -0.25) is 24.0 Å². The van der Waals surface area contributed by atoms with Crippen molar-refractivity contribution in [3.8, 4) is 0 Å². The van der Waals surface area contributed by atoms with Gasteiger partial charge in [-0.15, -0.1) is 5.10 Å². The van der Waals surface area contributed by atoms with Gasteiger partial charge in [0, 0.05) is 18.5 Å². The molecule has 0 radical (unpaired) electrons. The molecule has 2 aliphatic heterocycles. The number of aliphatic hydroxyl groups is 1. The maximum absolute atomic E-state index is 14.7. The highest BCUT2D eigenvalue weighted by molar-refractivity contribution is 7.99. The van der Waals surface area contributed by atoms with Crippen LogP contribution in [0.2, 0.25) is 0 Å². The van der Waals surface area contributed by atoms with Gasteiger partial charge in [0.2, 0.25) is 21.7 Å². The SMILES string of the molecule is CNS(=O)(=O)c1ccc(C(=O)N=C(CC2CCCCC2)C(=O)N2C[C@@H](n3nncc3C(C)(C)O)C[C@H]2C(=O)NC2(C(=O)C(N)=O)CCSCC2)cc1. The minimum atomic E-state index is -3.75. The van der Waals surface area contributed by atoms with Gasteiger partial charge in [-0.1, -0.05) is 37.3 Å². The van der Waals surface area contributed by atoms with Crippen LogP contribution in [0.15, 0.2) is 40.4 Å². The molecule has 5 rings (SSSR count). The third-order valence-electron chi connectivity index (χ3n) is 10.1. The van der Waals surface area contributed by atoms with Crippen molar-refractivity contribution in [2.45, 2.75) is 99.8 Å². The Morgan fingerprint density at radius 1 is 1.08 bits per heavy atom. The van der Waals surface area contributed by atoms with Gasteiger partial charge in [0.25, 0.3) is 17.7 Å². The predicted octanol–water partition coefficient (Wildman–Crippen LogP) is 1.24. The molecule has 282 valence electrons. The molecule has 1 aromatic heterocycles. The zero-order valence-electron chi connectivity index (χ0n) is 29.5. The molecule has 1 saturated carbocycles. The molecule has 1 aromatic carbocycles. The molecule has 16 nitrogen and oxygen atoms in total. The van der Waals surface area contributed by atoms with Crippen LogP contribution >= 0.6 is 11.8 Å². The van der Waals surface area contributed by atoms with Crippen LogP contribution in [0.3, 0.4) is 0 Å². The Hall–Kier alpha value is -4.00. The average Bonchev–Trinajstić information content (AvgIpc) is 3.80. The summed E-state index contributed by atoms with van der Waals surface area (Å²) in [6, 6.07) is 3.37. The summed E-state index contributed by atoms with van der Waals surface area (Å²) in [5.41, 5.74) is 2.89. The van der Waals surface area contributed by atoms with Gasteiger partial charge in [0.05, 0.1) is 22.8 Å². The first-order valence-electron chi connectivity index (χ1n) is 17.4. The summed E-state index contributed by atoms with van der Waals surface area (Å²) in [5.74, 6) is -3.09. The standard InChI is InChI=1S/C34H46N8O8S2/c1-33(2,48)27-19-37-40-42(27)23-18-26(31(46)39-34(28(43)29(35)44)13-15-51-16-14-34)41(20-23)32(47)25(17-21-7-5-4-6-8-21)38-30(45)22-9-11-24(12-10-22)52(49,50)36-3/h9-12,19,21,23,26,36,48H,4-8,13-18,20H2,1-3H3,(H2,35,44)(H,39,46)/t23-,26-/m0/s1. The van der Waals surface area contributed by atoms with E-state index >= 15 is 0 Å². The molecular formula is C34H46N8O8S2. The highest BCUT2D eigenvalue weighted by atomic mass is 32.2. The molecule has 0 bridgehead atoms. The number of nitrogens with one attached hydrogen (secondary N) is 2. The van der Waals surface area contributed by atoms with E-state index in [1.165, 1.54) is 47.1 Å². The molecule has 3 heterocycles. The Morgan fingerprint density at radius 2 is 1.73 bits per heavy atom. The molecule has 3 aliphatic rings. The number of thioether (sulfide) groups is 1. The molecule has 5 N–H and O–H groups in total. The molecule has 2 atom stereocenters. The summed E-state index contributed by atoms with van der Waals surface area (Å²) < 4.78 is 28.2. The van der Waals surface area contributed by atoms with Crippen LogP contribution in [0, 0.1) is 5.92 Å². The molecular weight excluding hydrogens is 713 g/mol. The predicted molar refractivity (Wildman–Crippen MR) is 192 cm³/mol. The minimum absolute atomic E-state index is 0.0195.